The summed E-state index contributed by atoms with van der Waals surface area (Å²) in [5.41, 5.74) is 0.816. The number of aliphatic hydroxyl groups excluding tert-OH is 1. The standard InChI is InChI=1S/C19H16ClF2N3O3/c20-12-7-25-19-17(12)15(1-2-23-19)28-18-13(21)3-10(4-14(18)22)5-16-24-6-11(8-26)9-27-16/h1-4,7,11,26H,5-6,8-9H2,(H,23,25). The van der Waals surface area contributed by atoms with E-state index in [4.69, 9.17) is 26.2 Å². The van der Waals surface area contributed by atoms with E-state index < -0.39 is 17.4 Å². The molecule has 146 valence electrons. The Hall–Kier alpha value is -2.71. The molecule has 6 nitrogen and oxygen atoms in total. The summed E-state index contributed by atoms with van der Waals surface area (Å²) in [6.45, 7) is 0.740. The number of hydrogen-bond acceptors (Lipinski definition) is 5. The largest absolute Gasteiger partial charge is 0.480 e. The molecule has 0 spiro atoms. The van der Waals surface area contributed by atoms with Gasteiger partial charge in [-0.25, -0.2) is 13.8 Å². The van der Waals surface area contributed by atoms with Crippen molar-refractivity contribution in [2.24, 2.45) is 10.9 Å². The van der Waals surface area contributed by atoms with Crippen LogP contribution in [0.25, 0.3) is 11.0 Å². The van der Waals surface area contributed by atoms with Gasteiger partial charge in [0.15, 0.2) is 23.3 Å². The third kappa shape index (κ3) is 3.65. The quantitative estimate of drug-likeness (QED) is 0.673. The molecule has 2 N–H and O–H groups in total. The van der Waals surface area contributed by atoms with E-state index in [0.717, 1.165) is 0 Å². The number of pyridine rings is 1. The van der Waals surface area contributed by atoms with Crippen LogP contribution < -0.4 is 4.74 Å². The number of hydrogen-bond donors (Lipinski definition) is 2. The number of rotatable bonds is 5. The van der Waals surface area contributed by atoms with Crippen molar-refractivity contribution < 1.29 is 23.4 Å². The summed E-state index contributed by atoms with van der Waals surface area (Å²) in [5, 5.41) is 9.86. The topological polar surface area (TPSA) is 79.7 Å². The molecule has 0 saturated carbocycles. The van der Waals surface area contributed by atoms with Gasteiger partial charge in [-0.05, 0) is 23.8 Å². The van der Waals surface area contributed by atoms with Crippen LogP contribution in [0.5, 0.6) is 11.5 Å². The highest BCUT2D eigenvalue weighted by atomic mass is 35.5. The van der Waals surface area contributed by atoms with E-state index in [-0.39, 0.29) is 24.7 Å². The zero-order chi connectivity index (χ0) is 19.7. The molecule has 0 amide bonds. The van der Waals surface area contributed by atoms with Gasteiger partial charge in [0.2, 0.25) is 0 Å². The fraction of sp³-hybridized carbons (Fsp3) is 0.263. The SMILES string of the molecule is OCC1CN=C(Cc2cc(F)c(Oc3ccnc4[nH]cc(Cl)c34)c(F)c2)OC1. The zero-order valence-corrected chi connectivity index (χ0v) is 15.3. The maximum atomic E-state index is 14.6. The van der Waals surface area contributed by atoms with E-state index in [1.54, 1.807) is 0 Å². The normalized spacial score (nSPS) is 16.7. The van der Waals surface area contributed by atoms with E-state index in [9.17, 15) is 8.78 Å². The third-order valence-corrected chi connectivity index (χ3v) is 4.68. The first-order chi connectivity index (χ1) is 13.5. The van der Waals surface area contributed by atoms with E-state index in [2.05, 4.69) is 15.0 Å². The second kappa shape index (κ2) is 7.73. The van der Waals surface area contributed by atoms with Crippen LogP contribution in [0.15, 0.2) is 35.6 Å². The fourth-order valence-electron chi connectivity index (χ4n) is 2.93. The van der Waals surface area contributed by atoms with Crippen molar-refractivity contribution in [1.82, 2.24) is 9.97 Å². The number of aliphatic imine (C=N–C) groups is 1. The monoisotopic (exact) mass is 407 g/mol. The van der Waals surface area contributed by atoms with Gasteiger partial charge in [-0.2, -0.15) is 0 Å². The van der Waals surface area contributed by atoms with Gasteiger partial charge in [-0.3, -0.25) is 4.99 Å². The second-order valence-corrected chi connectivity index (χ2v) is 6.84. The van der Waals surface area contributed by atoms with Crippen LogP contribution in [0.2, 0.25) is 5.02 Å². The number of aliphatic hydroxyl groups is 1. The fourth-order valence-corrected chi connectivity index (χ4v) is 3.17. The number of ether oxygens (including phenoxy) is 2. The number of fused-ring (bicyclic) bond motifs is 1. The van der Waals surface area contributed by atoms with Gasteiger partial charge >= 0.3 is 0 Å². The van der Waals surface area contributed by atoms with Crippen LogP contribution in [0, 0.1) is 17.6 Å². The van der Waals surface area contributed by atoms with Gasteiger partial charge in [0.05, 0.1) is 30.2 Å². The van der Waals surface area contributed by atoms with Crippen LogP contribution >= 0.6 is 11.6 Å². The number of halogens is 3. The van der Waals surface area contributed by atoms with Gasteiger partial charge in [0.1, 0.15) is 11.4 Å². The summed E-state index contributed by atoms with van der Waals surface area (Å²) in [6, 6.07) is 3.84. The Kier molecular flexibility index (Phi) is 5.15. The molecular formula is C19H16ClF2N3O3. The van der Waals surface area contributed by atoms with E-state index >= 15 is 0 Å². The van der Waals surface area contributed by atoms with Crippen LogP contribution in [0.3, 0.4) is 0 Å². The Morgan fingerprint density at radius 2 is 2.11 bits per heavy atom. The molecule has 3 aromatic rings. The van der Waals surface area contributed by atoms with Crippen molar-refractivity contribution in [2.45, 2.75) is 6.42 Å². The average Bonchev–Trinajstić information content (AvgIpc) is 3.07. The molecule has 4 rings (SSSR count). The molecule has 2 aromatic heterocycles. The average molecular weight is 408 g/mol. The Bertz CT molecular complexity index is 1030. The number of nitrogens with one attached hydrogen (secondary N) is 1. The van der Waals surface area contributed by atoms with Crippen LogP contribution in [0.1, 0.15) is 5.56 Å². The number of H-pyrrole nitrogens is 1. The van der Waals surface area contributed by atoms with Crippen molar-refractivity contribution >= 4 is 28.5 Å². The predicted molar refractivity (Wildman–Crippen MR) is 100 cm³/mol. The molecule has 1 atom stereocenters. The molecule has 1 aromatic carbocycles. The maximum Gasteiger partial charge on any atom is 0.198 e. The van der Waals surface area contributed by atoms with Crippen molar-refractivity contribution in [1.29, 1.82) is 0 Å². The smallest absolute Gasteiger partial charge is 0.198 e. The number of aromatic nitrogens is 2. The zero-order valence-electron chi connectivity index (χ0n) is 14.6. The second-order valence-electron chi connectivity index (χ2n) is 6.43. The van der Waals surface area contributed by atoms with Crippen molar-refractivity contribution in [3.63, 3.8) is 0 Å². The minimum absolute atomic E-state index is 0.0144. The molecule has 0 aliphatic carbocycles. The molecule has 1 aliphatic rings. The summed E-state index contributed by atoms with van der Waals surface area (Å²) in [7, 11) is 0. The van der Waals surface area contributed by atoms with E-state index in [1.807, 2.05) is 0 Å². The molecular weight excluding hydrogens is 392 g/mol. The van der Waals surface area contributed by atoms with Crippen molar-refractivity contribution in [3.8, 4) is 11.5 Å². The lowest BCUT2D eigenvalue weighted by Gasteiger charge is -2.20. The minimum atomic E-state index is -0.851. The summed E-state index contributed by atoms with van der Waals surface area (Å²) in [5.74, 6) is -1.71. The Balaban J connectivity index is 1.58. The highest BCUT2D eigenvalue weighted by molar-refractivity contribution is 6.36. The Labute approximate surface area is 163 Å². The maximum absolute atomic E-state index is 14.6. The van der Waals surface area contributed by atoms with Crippen molar-refractivity contribution in [3.05, 3.63) is 52.8 Å². The van der Waals surface area contributed by atoms with Gasteiger partial charge in [0, 0.05) is 24.7 Å². The number of nitrogens with zero attached hydrogens (tertiary/aromatic N) is 2. The number of benzene rings is 1. The first-order valence-corrected chi connectivity index (χ1v) is 8.97. The molecule has 1 aliphatic heterocycles. The summed E-state index contributed by atoms with van der Waals surface area (Å²) >= 11 is 6.10. The lowest BCUT2D eigenvalue weighted by Crippen LogP contribution is -2.26. The summed E-state index contributed by atoms with van der Waals surface area (Å²) in [6.07, 6.45) is 3.12. The van der Waals surface area contributed by atoms with Gasteiger partial charge in [0.25, 0.3) is 0 Å². The molecule has 28 heavy (non-hydrogen) atoms. The molecule has 0 fully saturated rings. The van der Waals surface area contributed by atoms with E-state index in [1.165, 1.54) is 30.6 Å². The first kappa shape index (κ1) is 18.6. The van der Waals surface area contributed by atoms with Gasteiger partial charge in [-0.1, -0.05) is 11.6 Å². The lowest BCUT2D eigenvalue weighted by atomic mass is 10.1. The Morgan fingerprint density at radius 1 is 1.32 bits per heavy atom. The highest BCUT2D eigenvalue weighted by Crippen LogP contribution is 2.36. The minimum Gasteiger partial charge on any atom is -0.480 e. The Morgan fingerprint density at radius 3 is 2.79 bits per heavy atom. The third-order valence-electron chi connectivity index (χ3n) is 4.38. The molecule has 0 radical (unpaired) electrons. The number of aromatic amines is 1. The van der Waals surface area contributed by atoms with Crippen LogP contribution in [-0.4, -0.2) is 40.7 Å². The molecule has 1 unspecified atom stereocenters. The molecule has 0 saturated heterocycles. The van der Waals surface area contributed by atoms with Crippen molar-refractivity contribution in [2.75, 3.05) is 19.8 Å². The van der Waals surface area contributed by atoms with Gasteiger partial charge < -0.3 is 19.6 Å². The molecule has 0 bridgehead atoms. The summed E-state index contributed by atoms with van der Waals surface area (Å²) < 4.78 is 40.0. The molecule has 9 heteroatoms. The lowest BCUT2D eigenvalue weighted by molar-refractivity contribution is 0.146. The van der Waals surface area contributed by atoms with Crippen LogP contribution in [-0.2, 0) is 11.2 Å². The van der Waals surface area contributed by atoms with E-state index in [0.29, 0.717) is 40.7 Å². The van der Waals surface area contributed by atoms with Gasteiger partial charge in [-0.15, -0.1) is 0 Å². The van der Waals surface area contributed by atoms with Crippen LogP contribution in [0.4, 0.5) is 8.78 Å². The highest BCUT2D eigenvalue weighted by Gasteiger charge is 2.20. The molecule has 3 heterocycles. The first-order valence-electron chi connectivity index (χ1n) is 8.59. The summed E-state index contributed by atoms with van der Waals surface area (Å²) in [4.78, 5) is 11.1. The predicted octanol–water partition coefficient (Wildman–Crippen LogP) is 3.87.